The molecule has 0 aromatic carbocycles. The van der Waals surface area contributed by atoms with E-state index in [1.807, 2.05) is 6.92 Å². The highest BCUT2D eigenvalue weighted by Crippen LogP contribution is 2.44. The van der Waals surface area contributed by atoms with E-state index in [4.69, 9.17) is 0 Å². The van der Waals surface area contributed by atoms with Gasteiger partial charge in [-0.25, -0.2) is 0 Å². The second-order valence-corrected chi connectivity index (χ2v) is 4.98. The molecule has 0 amide bonds. The minimum atomic E-state index is -0.203. The van der Waals surface area contributed by atoms with Crippen molar-refractivity contribution >= 4 is 33.7 Å². The summed E-state index contributed by atoms with van der Waals surface area (Å²) in [5.41, 5.74) is -0.203. The van der Waals surface area contributed by atoms with Crippen molar-refractivity contribution in [1.82, 2.24) is 0 Å². The van der Waals surface area contributed by atoms with Gasteiger partial charge in [0.2, 0.25) is 5.12 Å². The fourth-order valence-corrected chi connectivity index (χ4v) is 3.29. The highest BCUT2D eigenvalue weighted by atomic mass is 32.2. The van der Waals surface area contributed by atoms with E-state index in [9.17, 15) is 4.79 Å². The summed E-state index contributed by atoms with van der Waals surface area (Å²) in [6.45, 7) is 2.90. The summed E-state index contributed by atoms with van der Waals surface area (Å²) in [4.78, 5) is 15.5. The predicted molar refractivity (Wildman–Crippen MR) is 50.3 cm³/mol. The van der Waals surface area contributed by atoms with Gasteiger partial charge in [-0.05, 0) is 6.92 Å². The minimum absolute atomic E-state index is 0.203. The van der Waals surface area contributed by atoms with Gasteiger partial charge < -0.3 is 0 Å². The maximum Gasteiger partial charge on any atom is 0.202 e. The van der Waals surface area contributed by atoms with E-state index in [1.54, 1.807) is 11.8 Å². The van der Waals surface area contributed by atoms with Gasteiger partial charge in [0.1, 0.15) is 0 Å². The summed E-state index contributed by atoms with van der Waals surface area (Å²) in [5.74, 6) is 1.99. The molecule has 0 saturated carbocycles. The quantitative estimate of drug-likeness (QED) is 0.621. The average molecular weight is 187 g/mol. The molecule has 0 aromatic heterocycles. The van der Waals surface area contributed by atoms with Crippen LogP contribution in [0.15, 0.2) is 4.99 Å². The summed E-state index contributed by atoms with van der Waals surface area (Å²) in [5, 5.41) is 1.37. The molecule has 0 N–H and O–H groups in total. The molecule has 1 fully saturated rings. The predicted octanol–water partition coefficient (Wildman–Crippen LogP) is 1.41. The van der Waals surface area contributed by atoms with Crippen LogP contribution in [0.4, 0.5) is 0 Å². The minimum Gasteiger partial charge on any atom is -0.286 e. The van der Waals surface area contributed by atoms with E-state index >= 15 is 0 Å². The molecule has 2 aliphatic rings. The Kier molecular flexibility index (Phi) is 1.76. The van der Waals surface area contributed by atoms with Crippen LogP contribution in [-0.2, 0) is 4.79 Å². The maximum absolute atomic E-state index is 11.2. The highest BCUT2D eigenvalue weighted by Gasteiger charge is 2.47. The van der Waals surface area contributed by atoms with Crippen molar-refractivity contribution in [2.45, 2.75) is 6.92 Å². The third-order valence-electron chi connectivity index (χ3n) is 2.00. The van der Waals surface area contributed by atoms with Gasteiger partial charge in [-0.15, -0.1) is 11.8 Å². The van der Waals surface area contributed by atoms with Crippen LogP contribution >= 0.6 is 23.5 Å². The van der Waals surface area contributed by atoms with Gasteiger partial charge in [-0.3, -0.25) is 9.79 Å². The van der Waals surface area contributed by atoms with Gasteiger partial charge in [-0.1, -0.05) is 11.8 Å². The second-order valence-electron chi connectivity index (χ2n) is 2.94. The molecule has 0 spiro atoms. The zero-order valence-corrected chi connectivity index (χ0v) is 7.93. The van der Waals surface area contributed by atoms with Gasteiger partial charge >= 0.3 is 0 Å². The van der Waals surface area contributed by atoms with Crippen LogP contribution in [0.5, 0.6) is 0 Å². The van der Waals surface area contributed by atoms with Crippen molar-refractivity contribution in [2.24, 2.45) is 10.4 Å². The van der Waals surface area contributed by atoms with Crippen LogP contribution in [-0.4, -0.2) is 28.2 Å². The molecule has 2 aliphatic heterocycles. The smallest absolute Gasteiger partial charge is 0.202 e. The highest BCUT2D eigenvalue weighted by molar-refractivity contribution is 8.18. The lowest BCUT2D eigenvalue weighted by Crippen LogP contribution is -2.43. The molecule has 0 bridgehead atoms. The van der Waals surface area contributed by atoms with Crippen LogP contribution in [0.1, 0.15) is 6.92 Å². The van der Waals surface area contributed by atoms with E-state index in [0.717, 1.165) is 23.1 Å². The number of hydrogen-bond acceptors (Lipinski definition) is 4. The molecular formula is C7H9NOS2. The molecule has 0 aromatic rings. The van der Waals surface area contributed by atoms with Crippen molar-refractivity contribution in [2.75, 3.05) is 18.1 Å². The fraction of sp³-hybridized carbons (Fsp3) is 0.714. The van der Waals surface area contributed by atoms with E-state index in [-0.39, 0.29) is 5.41 Å². The number of nitrogens with zero attached hydrogens (tertiary/aromatic N) is 1. The Bertz CT molecular complexity index is 239. The van der Waals surface area contributed by atoms with Crippen LogP contribution in [0.2, 0.25) is 0 Å². The van der Waals surface area contributed by atoms with E-state index in [2.05, 4.69) is 4.99 Å². The Labute approximate surface area is 74.2 Å². The molecule has 11 heavy (non-hydrogen) atoms. The normalized spacial score (nSPS) is 36.8. The maximum atomic E-state index is 11.2. The van der Waals surface area contributed by atoms with Crippen molar-refractivity contribution < 1.29 is 4.79 Å². The lowest BCUT2D eigenvalue weighted by Gasteiger charge is -2.34. The molecule has 60 valence electrons. The van der Waals surface area contributed by atoms with Gasteiger partial charge in [-0.2, -0.15) is 0 Å². The lowest BCUT2D eigenvalue weighted by molar-refractivity contribution is -0.116. The molecule has 1 saturated heterocycles. The Morgan fingerprint density at radius 2 is 2.36 bits per heavy atom. The standard InChI is InChI=1S/C7H9NOS2/c1-7(4-11-6(7)9)5-8-2-3-10-5/h2-4H2,1H3. The molecule has 0 radical (unpaired) electrons. The average Bonchev–Trinajstić information content (AvgIpc) is 2.52. The van der Waals surface area contributed by atoms with Gasteiger partial charge in [0.25, 0.3) is 0 Å². The van der Waals surface area contributed by atoms with E-state index in [0.29, 0.717) is 5.12 Å². The second kappa shape index (κ2) is 2.52. The lowest BCUT2D eigenvalue weighted by atomic mass is 9.95. The van der Waals surface area contributed by atoms with E-state index in [1.165, 1.54) is 11.8 Å². The van der Waals surface area contributed by atoms with E-state index < -0.39 is 0 Å². The summed E-state index contributed by atoms with van der Waals surface area (Å²) in [7, 11) is 0. The monoisotopic (exact) mass is 187 g/mol. The third-order valence-corrected chi connectivity index (χ3v) is 4.67. The first-order valence-corrected chi connectivity index (χ1v) is 5.55. The van der Waals surface area contributed by atoms with Crippen molar-refractivity contribution in [1.29, 1.82) is 0 Å². The number of thioether (sulfide) groups is 2. The molecule has 2 rings (SSSR count). The Balaban J connectivity index is 2.19. The fourth-order valence-electron chi connectivity index (χ4n) is 1.17. The first-order valence-electron chi connectivity index (χ1n) is 3.58. The van der Waals surface area contributed by atoms with Crippen molar-refractivity contribution in [3.63, 3.8) is 0 Å². The molecule has 1 atom stereocenters. The summed E-state index contributed by atoms with van der Waals surface area (Å²) in [6.07, 6.45) is 0. The summed E-state index contributed by atoms with van der Waals surface area (Å²) < 4.78 is 0. The molecular weight excluding hydrogens is 178 g/mol. The largest absolute Gasteiger partial charge is 0.286 e. The van der Waals surface area contributed by atoms with Crippen molar-refractivity contribution in [3.8, 4) is 0 Å². The van der Waals surface area contributed by atoms with Crippen LogP contribution < -0.4 is 0 Å². The first kappa shape index (κ1) is 7.68. The SMILES string of the molecule is CC1(C2=NCCS2)CSC1=O. The topological polar surface area (TPSA) is 29.4 Å². The Morgan fingerprint density at radius 3 is 2.73 bits per heavy atom. The third kappa shape index (κ3) is 1.04. The molecule has 0 aliphatic carbocycles. The van der Waals surface area contributed by atoms with Crippen LogP contribution in [0, 0.1) is 5.41 Å². The number of rotatable bonds is 1. The summed E-state index contributed by atoms with van der Waals surface area (Å²) >= 11 is 3.17. The van der Waals surface area contributed by atoms with Gasteiger partial charge in [0.05, 0.1) is 10.5 Å². The molecule has 4 heteroatoms. The first-order chi connectivity index (χ1) is 5.23. The number of aliphatic imine (C=N–C) groups is 1. The van der Waals surface area contributed by atoms with Crippen molar-refractivity contribution in [3.05, 3.63) is 0 Å². The number of hydrogen-bond donors (Lipinski definition) is 0. The van der Waals surface area contributed by atoms with Crippen LogP contribution in [0.25, 0.3) is 0 Å². The van der Waals surface area contributed by atoms with Crippen LogP contribution in [0.3, 0.4) is 0 Å². The molecule has 2 heterocycles. The van der Waals surface area contributed by atoms with Gasteiger partial charge in [0.15, 0.2) is 0 Å². The van der Waals surface area contributed by atoms with Gasteiger partial charge in [0, 0.05) is 18.1 Å². The Morgan fingerprint density at radius 1 is 1.55 bits per heavy atom. The number of carbonyl (C=O) groups excluding carboxylic acids is 1. The zero-order valence-electron chi connectivity index (χ0n) is 6.29. The molecule has 1 unspecified atom stereocenters. The number of carbonyl (C=O) groups is 1. The zero-order chi connectivity index (χ0) is 7.90. The summed E-state index contributed by atoms with van der Waals surface area (Å²) in [6, 6.07) is 0. The Hall–Kier alpha value is 0.0400. The molecule has 2 nitrogen and oxygen atoms in total.